The number of nitrogens with one attached hydrogen (secondary N) is 1. The van der Waals surface area contributed by atoms with E-state index in [1.165, 1.54) is 0 Å². The van der Waals surface area contributed by atoms with Gasteiger partial charge in [0.25, 0.3) is 0 Å². The van der Waals surface area contributed by atoms with E-state index in [-0.39, 0.29) is 0 Å². The number of benzene rings is 1. The van der Waals surface area contributed by atoms with Crippen LogP contribution in [-0.2, 0) is 0 Å². The van der Waals surface area contributed by atoms with Gasteiger partial charge in [-0.25, -0.2) is 4.79 Å². The second-order valence-electron chi connectivity index (χ2n) is 2.83. The molecule has 0 amide bonds. The summed E-state index contributed by atoms with van der Waals surface area (Å²) in [6, 6.07) is 3.22. The van der Waals surface area contributed by atoms with E-state index in [1.54, 1.807) is 12.1 Å². The van der Waals surface area contributed by atoms with Crippen molar-refractivity contribution in [3.63, 3.8) is 0 Å². The van der Waals surface area contributed by atoms with Crippen LogP contribution in [0.25, 0.3) is 11.1 Å². The van der Waals surface area contributed by atoms with E-state index in [0.717, 1.165) is 0 Å². The van der Waals surface area contributed by atoms with E-state index >= 15 is 0 Å². The van der Waals surface area contributed by atoms with Crippen molar-refractivity contribution in [1.82, 2.24) is 4.98 Å². The van der Waals surface area contributed by atoms with E-state index in [4.69, 9.17) is 14.9 Å². The Morgan fingerprint density at radius 1 is 1.57 bits per heavy atom. The van der Waals surface area contributed by atoms with Crippen molar-refractivity contribution in [2.24, 2.45) is 0 Å². The Morgan fingerprint density at radius 3 is 3.07 bits per heavy atom. The highest BCUT2D eigenvalue weighted by Crippen LogP contribution is 2.26. The van der Waals surface area contributed by atoms with Crippen LogP contribution in [-0.4, -0.2) is 11.6 Å². The summed E-state index contributed by atoms with van der Waals surface area (Å²) in [6.45, 7) is 2.39. The molecule has 0 atom stereocenters. The third-order valence-corrected chi connectivity index (χ3v) is 1.85. The second-order valence-corrected chi connectivity index (χ2v) is 2.83. The molecule has 0 saturated heterocycles. The lowest BCUT2D eigenvalue weighted by Gasteiger charge is -2.05. The number of nitrogen functional groups attached to an aromatic ring is 1. The van der Waals surface area contributed by atoms with Crippen LogP contribution in [0.5, 0.6) is 5.75 Å². The Morgan fingerprint density at radius 2 is 2.36 bits per heavy atom. The Labute approximate surface area is 79.5 Å². The lowest BCUT2D eigenvalue weighted by Crippen LogP contribution is -1.96. The van der Waals surface area contributed by atoms with Gasteiger partial charge >= 0.3 is 5.76 Å². The smallest absolute Gasteiger partial charge is 0.417 e. The van der Waals surface area contributed by atoms with Crippen LogP contribution >= 0.6 is 0 Å². The molecular weight excluding hydrogens is 184 g/mol. The zero-order chi connectivity index (χ0) is 10.1. The zero-order valence-electron chi connectivity index (χ0n) is 7.66. The fourth-order valence-corrected chi connectivity index (χ4v) is 1.27. The maximum Gasteiger partial charge on any atom is 0.417 e. The molecule has 0 spiro atoms. The maximum absolute atomic E-state index is 10.9. The minimum Gasteiger partial charge on any atom is -0.492 e. The molecule has 0 bridgehead atoms. The van der Waals surface area contributed by atoms with Crippen LogP contribution in [0, 0.1) is 0 Å². The van der Waals surface area contributed by atoms with Crippen molar-refractivity contribution in [3.8, 4) is 5.75 Å². The molecule has 5 nitrogen and oxygen atoms in total. The van der Waals surface area contributed by atoms with E-state index in [0.29, 0.717) is 29.1 Å². The van der Waals surface area contributed by atoms with Gasteiger partial charge in [-0.3, -0.25) is 4.98 Å². The number of ether oxygens (including phenoxy) is 1. The molecule has 0 aliphatic carbocycles. The molecule has 2 aromatic rings. The molecular formula is C9H10N2O3. The van der Waals surface area contributed by atoms with Gasteiger partial charge in [0.2, 0.25) is 0 Å². The van der Waals surface area contributed by atoms with Crippen molar-refractivity contribution in [2.45, 2.75) is 6.92 Å². The molecule has 0 unspecified atom stereocenters. The molecule has 1 aromatic carbocycles. The Bertz CT molecular complexity index is 512. The summed E-state index contributed by atoms with van der Waals surface area (Å²) in [7, 11) is 0. The monoisotopic (exact) mass is 194 g/mol. The van der Waals surface area contributed by atoms with Gasteiger partial charge in [-0.2, -0.15) is 0 Å². The molecule has 2 rings (SSSR count). The molecule has 0 aliphatic heterocycles. The fraction of sp³-hybridized carbons (Fsp3) is 0.222. The molecule has 0 aliphatic rings. The molecule has 0 fully saturated rings. The van der Waals surface area contributed by atoms with Crippen molar-refractivity contribution in [1.29, 1.82) is 0 Å². The predicted molar refractivity (Wildman–Crippen MR) is 52.4 cm³/mol. The van der Waals surface area contributed by atoms with Crippen LogP contribution in [0.15, 0.2) is 21.3 Å². The number of aromatic nitrogens is 1. The second kappa shape index (κ2) is 3.10. The average Bonchev–Trinajstić information content (AvgIpc) is 2.45. The standard InChI is InChI=1S/C9H10N2O3/c1-2-13-7-4-6-8(3-5(7)10)14-9(12)11-6/h3-4H,2,10H2,1H3,(H,11,12). The number of anilines is 1. The summed E-state index contributed by atoms with van der Waals surface area (Å²) >= 11 is 0. The summed E-state index contributed by atoms with van der Waals surface area (Å²) < 4.78 is 10.1. The van der Waals surface area contributed by atoms with Crippen molar-refractivity contribution >= 4 is 16.8 Å². The van der Waals surface area contributed by atoms with E-state index in [1.807, 2.05) is 6.92 Å². The third kappa shape index (κ3) is 1.32. The van der Waals surface area contributed by atoms with E-state index in [9.17, 15) is 4.79 Å². The number of rotatable bonds is 2. The van der Waals surface area contributed by atoms with Gasteiger partial charge in [-0.1, -0.05) is 0 Å². The largest absolute Gasteiger partial charge is 0.492 e. The lowest BCUT2D eigenvalue weighted by molar-refractivity contribution is 0.342. The van der Waals surface area contributed by atoms with Gasteiger partial charge in [-0.05, 0) is 6.92 Å². The number of hydrogen-bond acceptors (Lipinski definition) is 4. The number of H-pyrrole nitrogens is 1. The van der Waals surface area contributed by atoms with Gasteiger partial charge in [0.15, 0.2) is 5.58 Å². The van der Waals surface area contributed by atoms with Crippen molar-refractivity contribution < 1.29 is 9.15 Å². The summed E-state index contributed by atoms with van der Waals surface area (Å²) in [4.78, 5) is 13.4. The molecule has 1 aromatic heterocycles. The first kappa shape index (κ1) is 8.68. The van der Waals surface area contributed by atoms with Gasteiger partial charge in [0.05, 0.1) is 17.8 Å². The van der Waals surface area contributed by atoms with Gasteiger partial charge in [-0.15, -0.1) is 0 Å². The first-order chi connectivity index (χ1) is 6.70. The van der Waals surface area contributed by atoms with Gasteiger partial charge < -0.3 is 14.9 Å². The number of oxazole rings is 1. The zero-order valence-corrected chi connectivity index (χ0v) is 7.66. The highest BCUT2D eigenvalue weighted by molar-refractivity contribution is 5.80. The maximum atomic E-state index is 10.9. The quantitative estimate of drug-likeness (QED) is 0.701. The van der Waals surface area contributed by atoms with E-state index < -0.39 is 5.76 Å². The molecule has 14 heavy (non-hydrogen) atoms. The van der Waals surface area contributed by atoms with Crippen LogP contribution in [0.4, 0.5) is 5.69 Å². The molecule has 74 valence electrons. The van der Waals surface area contributed by atoms with Crippen LogP contribution in [0.1, 0.15) is 6.92 Å². The van der Waals surface area contributed by atoms with Gasteiger partial charge in [0, 0.05) is 12.1 Å². The molecule has 0 radical (unpaired) electrons. The Balaban J connectivity index is 2.63. The average molecular weight is 194 g/mol. The predicted octanol–water partition coefficient (Wildman–Crippen LogP) is 1.10. The van der Waals surface area contributed by atoms with Crippen LogP contribution in [0.3, 0.4) is 0 Å². The number of hydrogen-bond donors (Lipinski definition) is 2. The van der Waals surface area contributed by atoms with Crippen LogP contribution < -0.4 is 16.2 Å². The summed E-state index contributed by atoms with van der Waals surface area (Å²) in [6.07, 6.45) is 0. The van der Waals surface area contributed by atoms with Crippen molar-refractivity contribution in [3.05, 3.63) is 22.7 Å². The first-order valence-corrected chi connectivity index (χ1v) is 4.26. The van der Waals surface area contributed by atoms with Crippen LogP contribution in [0.2, 0.25) is 0 Å². The van der Waals surface area contributed by atoms with Gasteiger partial charge in [0.1, 0.15) is 5.75 Å². The molecule has 5 heteroatoms. The summed E-state index contributed by atoms with van der Waals surface area (Å²) in [5.74, 6) is 0.0603. The first-order valence-electron chi connectivity index (χ1n) is 4.26. The Kier molecular flexibility index (Phi) is 1.92. The fourth-order valence-electron chi connectivity index (χ4n) is 1.27. The van der Waals surface area contributed by atoms with Crippen molar-refractivity contribution in [2.75, 3.05) is 12.3 Å². The summed E-state index contributed by atoms with van der Waals surface area (Å²) in [5.41, 5.74) is 7.17. The highest BCUT2D eigenvalue weighted by atomic mass is 16.5. The minimum atomic E-state index is -0.493. The highest BCUT2D eigenvalue weighted by Gasteiger charge is 2.06. The number of aromatic amines is 1. The Hall–Kier alpha value is -1.91. The summed E-state index contributed by atoms with van der Waals surface area (Å²) in [5, 5.41) is 0. The van der Waals surface area contributed by atoms with E-state index in [2.05, 4.69) is 4.98 Å². The molecule has 1 heterocycles. The number of fused-ring (bicyclic) bond motifs is 1. The topological polar surface area (TPSA) is 81.2 Å². The molecule has 0 saturated carbocycles. The number of nitrogens with two attached hydrogens (primary N) is 1. The SMILES string of the molecule is CCOc1cc2[nH]c(=O)oc2cc1N. The minimum absolute atomic E-state index is 0.441. The lowest BCUT2D eigenvalue weighted by atomic mass is 10.2. The third-order valence-electron chi connectivity index (χ3n) is 1.85. The molecule has 3 N–H and O–H groups in total. The normalized spacial score (nSPS) is 10.6.